The molecule has 1 aliphatic heterocycles. The number of aromatic nitrogens is 2. The summed E-state index contributed by atoms with van der Waals surface area (Å²) in [5.74, 6) is -0.954. The van der Waals surface area contributed by atoms with Gasteiger partial charge in [-0.2, -0.15) is 0 Å². The monoisotopic (exact) mass is 415 g/mol. The largest absolute Gasteiger partial charge is 0.369 e. The van der Waals surface area contributed by atoms with Crippen LogP contribution in [0, 0.1) is 11.6 Å². The maximum atomic E-state index is 13.1. The fourth-order valence-electron chi connectivity index (χ4n) is 3.13. The van der Waals surface area contributed by atoms with Gasteiger partial charge in [-0.05, 0) is 48.5 Å². The van der Waals surface area contributed by atoms with E-state index in [1.807, 2.05) is 0 Å². The van der Waals surface area contributed by atoms with Crippen LogP contribution in [0.15, 0.2) is 48.5 Å². The van der Waals surface area contributed by atoms with Crippen LogP contribution in [-0.4, -0.2) is 47.2 Å². The Bertz CT molecular complexity index is 969. The molecule has 0 saturated carbocycles. The van der Waals surface area contributed by atoms with E-state index in [0.717, 1.165) is 36.9 Å². The Morgan fingerprint density at radius 1 is 0.931 bits per heavy atom. The van der Waals surface area contributed by atoms with Crippen molar-refractivity contribution in [3.63, 3.8) is 0 Å². The molecule has 1 saturated heterocycles. The second kappa shape index (κ2) is 8.62. The van der Waals surface area contributed by atoms with Crippen LogP contribution in [0.5, 0.6) is 0 Å². The van der Waals surface area contributed by atoms with Crippen molar-refractivity contribution in [3.05, 3.63) is 70.2 Å². The van der Waals surface area contributed by atoms with Gasteiger partial charge >= 0.3 is 0 Å². The summed E-state index contributed by atoms with van der Waals surface area (Å²) >= 11 is 1.25. The number of benzene rings is 2. The van der Waals surface area contributed by atoms with E-state index in [4.69, 9.17) is 0 Å². The lowest BCUT2D eigenvalue weighted by Crippen LogP contribution is -2.45. The number of carbonyl (C=O) groups excluding carboxylic acids is 1. The lowest BCUT2D eigenvalue weighted by atomic mass is 10.2. The van der Waals surface area contributed by atoms with Crippen LogP contribution in [0.1, 0.15) is 14.8 Å². The average Bonchev–Trinajstić information content (AvgIpc) is 3.20. The molecule has 2 aromatic carbocycles. The van der Waals surface area contributed by atoms with Crippen LogP contribution in [0.2, 0.25) is 0 Å². The molecule has 1 fully saturated rings. The third kappa shape index (κ3) is 4.93. The van der Waals surface area contributed by atoms with Gasteiger partial charge in [-0.3, -0.25) is 9.69 Å². The van der Waals surface area contributed by atoms with Crippen molar-refractivity contribution in [2.75, 3.05) is 36.4 Å². The number of hydrogen-bond donors (Lipinski definition) is 1. The van der Waals surface area contributed by atoms with Gasteiger partial charge < -0.3 is 10.2 Å². The fraction of sp³-hybridized carbons (Fsp3) is 0.250. The van der Waals surface area contributed by atoms with Crippen molar-refractivity contribution in [2.24, 2.45) is 0 Å². The minimum atomic E-state index is -0.360. The molecule has 3 aromatic rings. The van der Waals surface area contributed by atoms with Gasteiger partial charge in [0.15, 0.2) is 0 Å². The first-order valence-corrected chi connectivity index (χ1v) is 10.0. The summed E-state index contributed by atoms with van der Waals surface area (Å²) in [6, 6.07) is 12.1. The van der Waals surface area contributed by atoms with Gasteiger partial charge in [-0.15, -0.1) is 10.2 Å². The first-order chi connectivity index (χ1) is 14.1. The molecule has 2 heterocycles. The first kappa shape index (κ1) is 19.4. The molecule has 0 unspecified atom stereocenters. The summed E-state index contributed by atoms with van der Waals surface area (Å²) in [5.41, 5.74) is 1.52. The lowest BCUT2D eigenvalue weighted by molar-refractivity contribution is 0.102. The van der Waals surface area contributed by atoms with E-state index < -0.39 is 0 Å². The molecule has 1 N–H and O–H groups in total. The number of amides is 1. The molecular weight excluding hydrogens is 396 g/mol. The Morgan fingerprint density at radius 3 is 2.21 bits per heavy atom. The van der Waals surface area contributed by atoms with Gasteiger partial charge in [-0.1, -0.05) is 11.3 Å². The zero-order valence-electron chi connectivity index (χ0n) is 15.5. The fourth-order valence-corrected chi connectivity index (χ4v) is 3.91. The van der Waals surface area contributed by atoms with E-state index in [1.165, 1.54) is 47.7 Å². The molecule has 150 valence electrons. The Balaban J connectivity index is 1.29. The smallest absolute Gasteiger partial charge is 0.286 e. The first-order valence-electron chi connectivity index (χ1n) is 9.19. The third-order valence-corrected chi connectivity index (χ3v) is 5.59. The number of nitrogens with zero attached hydrogens (tertiary/aromatic N) is 4. The quantitative estimate of drug-likeness (QED) is 0.692. The summed E-state index contributed by atoms with van der Waals surface area (Å²) in [7, 11) is 0. The normalized spacial score (nSPS) is 14.8. The zero-order valence-corrected chi connectivity index (χ0v) is 16.3. The second-order valence-corrected chi connectivity index (χ2v) is 7.76. The summed E-state index contributed by atoms with van der Waals surface area (Å²) in [5, 5.41) is 11.8. The second-order valence-electron chi connectivity index (χ2n) is 6.70. The molecule has 1 amide bonds. The summed E-state index contributed by atoms with van der Waals surface area (Å²) in [6.07, 6.45) is 0. The van der Waals surface area contributed by atoms with Crippen molar-refractivity contribution < 1.29 is 13.6 Å². The number of rotatable bonds is 5. The molecule has 29 heavy (non-hydrogen) atoms. The number of halogens is 2. The van der Waals surface area contributed by atoms with Gasteiger partial charge in [0, 0.05) is 37.6 Å². The Kier molecular flexibility index (Phi) is 5.77. The number of carbonyl (C=O) groups is 1. The van der Waals surface area contributed by atoms with Gasteiger partial charge in [0.05, 0.1) is 6.54 Å². The van der Waals surface area contributed by atoms with Crippen molar-refractivity contribution >= 4 is 28.6 Å². The van der Waals surface area contributed by atoms with E-state index in [1.54, 1.807) is 12.1 Å². The maximum Gasteiger partial charge on any atom is 0.286 e. The minimum Gasteiger partial charge on any atom is -0.369 e. The van der Waals surface area contributed by atoms with Gasteiger partial charge in [0.2, 0.25) is 5.01 Å². The molecule has 1 aromatic heterocycles. The molecule has 0 atom stereocenters. The topological polar surface area (TPSA) is 61.4 Å². The molecular formula is C20H19F2N5OS. The minimum absolute atomic E-state index is 0.233. The summed E-state index contributed by atoms with van der Waals surface area (Å²) < 4.78 is 26.0. The van der Waals surface area contributed by atoms with Crippen molar-refractivity contribution in [1.82, 2.24) is 15.1 Å². The summed E-state index contributed by atoms with van der Waals surface area (Å²) in [6.45, 7) is 3.98. The van der Waals surface area contributed by atoms with Crippen molar-refractivity contribution in [2.45, 2.75) is 6.54 Å². The van der Waals surface area contributed by atoms with Crippen LogP contribution in [-0.2, 0) is 6.54 Å². The van der Waals surface area contributed by atoms with Crippen LogP contribution < -0.4 is 10.2 Å². The highest BCUT2D eigenvalue weighted by molar-refractivity contribution is 7.13. The Morgan fingerprint density at radius 2 is 1.55 bits per heavy atom. The van der Waals surface area contributed by atoms with Crippen LogP contribution >= 0.6 is 11.3 Å². The average molecular weight is 415 g/mol. The highest BCUT2D eigenvalue weighted by atomic mass is 32.1. The molecule has 0 radical (unpaired) electrons. The van der Waals surface area contributed by atoms with E-state index in [9.17, 15) is 13.6 Å². The predicted octanol–water partition coefficient (Wildman–Crippen LogP) is 3.39. The SMILES string of the molecule is O=C(Nc1ccc(F)cc1)c1nnc(CN2CCN(c3ccc(F)cc3)CC2)s1. The van der Waals surface area contributed by atoms with Crippen LogP contribution in [0.4, 0.5) is 20.2 Å². The van der Waals surface area contributed by atoms with Gasteiger partial charge in [0.25, 0.3) is 5.91 Å². The Labute approximate surface area is 170 Å². The molecule has 1 aliphatic rings. The lowest BCUT2D eigenvalue weighted by Gasteiger charge is -2.35. The highest BCUT2D eigenvalue weighted by Gasteiger charge is 2.20. The number of piperazine rings is 1. The highest BCUT2D eigenvalue weighted by Crippen LogP contribution is 2.19. The number of nitrogens with one attached hydrogen (secondary N) is 1. The van der Waals surface area contributed by atoms with E-state index in [0.29, 0.717) is 12.2 Å². The zero-order chi connectivity index (χ0) is 20.2. The molecule has 0 aliphatic carbocycles. The van der Waals surface area contributed by atoms with Crippen LogP contribution in [0.25, 0.3) is 0 Å². The molecule has 0 bridgehead atoms. The van der Waals surface area contributed by atoms with Crippen molar-refractivity contribution in [1.29, 1.82) is 0 Å². The van der Waals surface area contributed by atoms with E-state index in [2.05, 4.69) is 25.3 Å². The predicted molar refractivity (Wildman–Crippen MR) is 108 cm³/mol. The summed E-state index contributed by atoms with van der Waals surface area (Å²) in [4.78, 5) is 16.8. The van der Waals surface area contributed by atoms with E-state index >= 15 is 0 Å². The molecule has 0 spiro atoms. The van der Waals surface area contributed by atoms with Gasteiger partial charge in [-0.25, -0.2) is 8.78 Å². The number of anilines is 2. The molecule has 4 rings (SSSR count). The Hall–Kier alpha value is -2.91. The molecule has 9 heteroatoms. The third-order valence-electron chi connectivity index (χ3n) is 4.69. The van der Waals surface area contributed by atoms with Crippen molar-refractivity contribution in [3.8, 4) is 0 Å². The standard InChI is InChI=1S/C20H19F2N5OS/c21-14-1-5-16(6-2-14)23-19(28)20-25-24-18(29-20)13-26-9-11-27(12-10-26)17-7-3-15(22)4-8-17/h1-8H,9-13H2,(H,23,28). The van der Waals surface area contributed by atoms with E-state index in [-0.39, 0.29) is 22.5 Å². The van der Waals surface area contributed by atoms with Gasteiger partial charge in [0.1, 0.15) is 16.6 Å². The maximum absolute atomic E-state index is 13.1. The van der Waals surface area contributed by atoms with Crippen LogP contribution in [0.3, 0.4) is 0 Å². The number of hydrogen-bond acceptors (Lipinski definition) is 6. The molecule has 6 nitrogen and oxygen atoms in total.